The number of nitrogens with zero attached hydrogens (tertiary/aromatic N) is 2. The molecule has 0 atom stereocenters. The SMILES string of the molecule is Cc1cc(CN(C)C(=O)CS(=O)(=O)CCCc2ccccc2)no1. The van der Waals surface area contributed by atoms with E-state index in [1.807, 2.05) is 30.3 Å². The molecule has 0 N–H and O–H groups in total. The first-order valence-electron chi connectivity index (χ1n) is 7.76. The number of amides is 1. The van der Waals surface area contributed by atoms with Gasteiger partial charge >= 0.3 is 0 Å². The first kappa shape index (κ1) is 18.2. The predicted molar refractivity (Wildman–Crippen MR) is 91.1 cm³/mol. The summed E-state index contributed by atoms with van der Waals surface area (Å²) in [5.41, 5.74) is 1.70. The number of benzene rings is 1. The number of carbonyl (C=O) groups is 1. The lowest BCUT2D eigenvalue weighted by Crippen LogP contribution is -2.33. The zero-order chi connectivity index (χ0) is 17.6. The van der Waals surface area contributed by atoms with Crippen molar-refractivity contribution in [3.63, 3.8) is 0 Å². The van der Waals surface area contributed by atoms with Gasteiger partial charge in [-0.1, -0.05) is 35.5 Å². The van der Waals surface area contributed by atoms with Crippen molar-refractivity contribution in [1.82, 2.24) is 10.1 Å². The minimum Gasteiger partial charge on any atom is -0.361 e. The Morgan fingerprint density at radius 2 is 1.96 bits per heavy atom. The lowest BCUT2D eigenvalue weighted by molar-refractivity contribution is -0.127. The third-order valence-electron chi connectivity index (χ3n) is 3.61. The largest absolute Gasteiger partial charge is 0.361 e. The normalized spacial score (nSPS) is 11.4. The molecule has 6 nitrogen and oxygen atoms in total. The Labute approximate surface area is 142 Å². The summed E-state index contributed by atoms with van der Waals surface area (Å²) in [7, 11) is -1.86. The van der Waals surface area contributed by atoms with E-state index in [0.717, 1.165) is 5.56 Å². The van der Waals surface area contributed by atoms with Crippen molar-refractivity contribution in [2.75, 3.05) is 18.6 Å². The van der Waals surface area contributed by atoms with Crippen LogP contribution < -0.4 is 0 Å². The second kappa shape index (κ2) is 8.10. The summed E-state index contributed by atoms with van der Waals surface area (Å²) in [6.45, 7) is 1.99. The van der Waals surface area contributed by atoms with Crippen LogP contribution in [0.2, 0.25) is 0 Å². The van der Waals surface area contributed by atoms with Crippen molar-refractivity contribution in [2.45, 2.75) is 26.3 Å². The van der Waals surface area contributed by atoms with Crippen LogP contribution in [0, 0.1) is 6.92 Å². The number of hydrogen-bond donors (Lipinski definition) is 0. The molecule has 130 valence electrons. The quantitative estimate of drug-likeness (QED) is 0.727. The molecular formula is C17H22N2O4S. The Hall–Kier alpha value is -2.15. The fourth-order valence-electron chi connectivity index (χ4n) is 2.34. The molecule has 1 heterocycles. The highest BCUT2D eigenvalue weighted by Crippen LogP contribution is 2.07. The first-order chi connectivity index (χ1) is 11.4. The van der Waals surface area contributed by atoms with Gasteiger partial charge in [-0.05, 0) is 25.3 Å². The molecule has 0 saturated carbocycles. The van der Waals surface area contributed by atoms with Crippen molar-refractivity contribution < 1.29 is 17.7 Å². The molecule has 0 aliphatic carbocycles. The number of carbonyl (C=O) groups excluding carboxylic acids is 1. The van der Waals surface area contributed by atoms with Gasteiger partial charge in [0.05, 0.1) is 12.3 Å². The molecule has 1 aromatic heterocycles. The lowest BCUT2D eigenvalue weighted by atomic mass is 10.1. The topological polar surface area (TPSA) is 80.5 Å². The van der Waals surface area contributed by atoms with Crippen LogP contribution in [-0.2, 0) is 27.6 Å². The number of aryl methyl sites for hydroxylation is 2. The molecule has 0 unspecified atom stereocenters. The Balaban J connectivity index is 1.80. The number of rotatable bonds is 8. The van der Waals surface area contributed by atoms with E-state index in [9.17, 15) is 13.2 Å². The first-order valence-corrected chi connectivity index (χ1v) is 9.58. The highest BCUT2D eigenvalue weighted by Gasteiger charge is 2.20. The molecule has 0 radical (unpaired) electrons. The Morgan fingerprint density at radius 3 is 2.58 bits per heavy atom. The molecule has 2 rings (SSSR count). The highest BCUT2D eigenvalue weighted by molar-refractivity contribution is 7.92. The average Bonchev–Trinajstić information content (AvgIpc) is 2.92. The summed E-state index contributed by atoms with van der Waals surface area (Å²) < 4.78 is 29.2. The minimum atomic E-state index is -3.42. The van der Waals surface area contributed by atoms with Crippen LogP contribution in [0.15, 0.2) is 40.9 Å². The minimum absolute atomic E-state index is 0.00451. The van der Waals surface area contributed by atoms with Gasteiger partial charge in [0.2, 0.25) is 5.91 Å². The summed E-state index contributed by atoms with van der Waals surface area (Å²) in [6.07, 6.45) is 1.19. The van der Waals surface area contributed by atoms with E-state index in [1.54, 1.807) is 20.0 Å². The Bertz CT molecular complexity index is 769. The molecule has 1 aromatic carbocycles. The molecule has 1 amide bonds. The van der Waals surface area contributed by atoms with Gasteiger partial charge in [-0.3, -0.25) is 4.79 Å². The lowest BCUT2D eigenvalue weighted by Gasteiger charge is -2.15. The Morgan fingerprint density at radius 1 is 1.25 bits per heavy atom. The van der Waals surface area contributed by atoms with Gasteiger partial charge in [0.15, 0.2) is 9.84 Å². The van der Waals surface area contributed by atoms with E-state index in [4.69, 9.17) is 4.52 Å². The maximum Gasteiger partial charge on any atom is 0.237 e. The number of hydrogen-bond acceptors (Lipinski definition) is 5. The zero-order valence-electron chi connectivity index (χ0n) is 13.9. The van der Waals surface area contributed by atoms with Crippen LogP contribution in [0.3, 0.4) is 0 Å². The standard InChI is InChI=1S/C17H22N2O4S/c1-14-11-16(18-23-14)12-19(2)17(20)13-24(21,22)10-6-9-15-7-4-3-5-8-15/h3-5,7-8,11H,6,9-10,12-13H2,1-2H3. The smallest absolute Gasteiger partial charge is 0.237 e. The monoisotopic (exact) mass is 350 g/mol. The van der Waals surface area contributed by atoms with Crippen molar-refractivity contribution in [3.05, 3.63) is 53.4 Å². The fraction of sp³-hybridized carbons (Fsp3) is 0.412. The molecule has 0 spiro atoms. The summed E-state index contributed by atoms with van der Waals surface area (Å²) in [4.78, 5) is 13.4. The van der Waals surface area contributed by atoms with E-state index >= 15 is 0 Å². The van der Waals surface area contributed by atoms with E-state index in [-0.39, 0.29) is 12.3 Å². The zero-order valence-corrected chi connectivity index (χ0v) is 14.8. The highest BCUT2D eigenvalue weighted by atomic mass is 32.2. The molecule has 2 aromatic rings. The molecule has 24 heavy (non-hydrogen) atoms. The van der Waals surface area contributed by atoms with Crippen LogP contribution in [0.1, 0.15) is 23.4 Å². The summed E-state index contributed by atoms with van der Waals surface area (Å²) in [5.74, 6) is -0.255. The third kappa shape index (κ3) is 5.81. The van der Waals surface area contributed by atoms with Crippen LogP contribution in [0.4, 0.5) is 0 Å². The summed E-state index contributed by atoms with van der Waals surface area (Å²) in [6, 6.07) is 11.4. The number of sulfone groups is 1. The molecular weight excluding hydrogens is 328 g/mol. The number of aromatic nitrogens is 1. The van der Waals surface area contributed by atoms with Crippen LogP contribution in [-0.4, -0.2) is 42.9 Å². The maximum absolute atomic E-state index is 12.1. The van der Waals surface area contributed by atoms with E-state index < -0.39 is 21.5 Å². The van der Waals surface area contributed by atoms with Crippen molar-refractivity contribution in [1.29, 1.82) is 0 Å². The van der Waals surface area contributed by atoms with Gasteiger partial charge in [-0.2, -0.15) is 0 Å². The van der Waals surface area contributed by atoms with Crippen LogP contribution in [0.25, 0.3) is 0 Å². The summed E-state index contributed by atoms with van der Waals surface area (Å²) >= 11 is 0. The van der Waals surface area contributed by atoms with Gasteiger partial charge in [0.25, 0.3) is 0 Å². The predicted octanol–water partition coefficient (Wildman–Crippen LogP) is 1.99. The molecule has 7 heteroatoms. The van der Waals surface area contributed by atoms with Gasteiger partial charge in [0.1, 0.15) is 17.2 Å². The van der Waals surface area contributed by atoms with Crippen molar-refractivity contribution >= 4 is 15.7 Å². The maximum atomic E-state index is 12.1. The molecule has 0 bridgehead atoms. The van der Waals surface area contributed by atoms with Crippen molar-refractivity contribution in [2.24, 2.45) is 0 Å². The summed E-state index contributed by atoms with van der Waals surface area (Å²) in [5, 5.41) is 3.80. The second-order valence-electron chi connectivity index (χ2n) is 5.86. The van der Waals surface area contributed by atoms with E-state index in [1.165, 1.54) is 4.90 Å². The van der Waals surface area contributed by atoms with E-state index in [2.05, 4.69) is 5.16 Å². The van der Waals surface area contributed by atoms with Gasteiger partial charge in [-0.25, -0.2) is 8.42 Å². The van der Waals surface area contributed by atoms with Crippen molar-refractivity contribution in [3.8, 4) is 0 Å². The Kier molecular flexibility index (Phi) is 6.14. The van der Waals surface area contributed by atoms with Gasteiger partial charge in [-0.15, -0.1) is 0 Å². The molecule has 0 saturated heterocycles. The second-order valence-corrected chi connectivity index (χ2v) is 8.04. The fourth-order valence-corrected chi connectivity index (χ4v) is 3.66. The van der Waals surface area contributed by atoms with Crippen LogP contribution in [0.5, 0.6) is 0 Å². The van der Waals surface area contributed by atoms with E-state index in [0.29, 0.717) is 24.3 Å². The van der Waals surface area contributed by atoms with Gasteiger partial charge in [0, 0.05) is 13.1 Å². The third-order valence-corrected chi connectivity index (χ3v) is 5.21. The molecule has 0 aliphatic rings. The van der Waals surface area contributed by atoms with Gasteiger partial charge < -0.3 is 9.42 Å². The molecule has 0 fully saturated rings. The van der Waals surface area contributed by atoms with Crippen LogP contribution >= 0.6 is 0 Å². The molecule has 0 aliphatic heterocycles. The average molecular weight is 350 g/mol.